The third-order valence-corrected chi connectivity index (χ3v) is 4.74. The number of rotatable bonds is 9. The van der Waals surface area contributed by atoms with E-state index in [1.807, 2.05) is 13.0 Å². The predicted molar refractivity (Wildman–Crippen MR) is 113 cm³/mol. The Morgan fingerprint density at radius 2 is 2.20 bits per heavy atom. The van der Waals surface area contributed by atoms with Crippen LogP contribution in [0.3, 0.4) is 0 Å². The van der Waals surface area contributed by atoms with Crippen molar-refractivity contribution in [1.82, 2.24) is 20.3 Å². The number of nitrogens with one attached hydrogen (secondary N) is 1. The Morgan fingerprint density at radius 3 is 2.90 bits per heavy atom. The maximum Gasteiger partial charge on any atom is 0.134 e. The van der Waals surface area contributed by atoms with E-state index >= 15 is 0 Å². The van der Waals surface area contributed by atoms with Crippen molar-refractivity contribution in [2.24, 2.45) is 20.2 Å². The van der Waals surface area contributed by atoms with E-state index in [1.165, 1.54) is 0 Å². The Morgan fingerprint density at radius 1 is 1.40 bits per heavy atom. The average molecular weight is 414 g/mol. The minimum atomic E-state index is -0.751. The summed E-state index contributed by atoms with van der Waals surface area (Å²) in [7, 11) is 1.72. The zero-order valence-electron chi connectivity index (χ0n) is 17.0. The fourth-order valence-corrected chi connectivity index (χ4v) is 3.07. The topological polar surface area (TPSA) is 144 Å². The number of aromatic nitrogens is 3. The van der Waals surface area contributed by atoms with Gasteiger partial charge in [0.05, 0.1) is 24.1 Å². The SMILES string of the molecule is C=NCN(/C=C(\CC(C)=NC)N=Nc1ccc2n[nH]nc2c1)[C@H]1C[C@@H](O)C(CO)O1. The molecule has 1 aliphatic rings. The number of benzene rings is 1. The van der Waals surface area contributed by atoms with Gasteiger partial charge in [0.25, 0.3) is 0 Å². The van der Waals surface area contributed by atoms with Gasteiger partial charge >= 0.3 is 0 Å². The molecule has 3 rings (SSSR count). The van der Waals surface area contributed by atoms with E-state index in [0.717, 1.165) is 11.2 Å². The van der Waals surface area contributed by atoms with Gasteiger partial charge in [0.1, 0.15) is 30.0 Å². The van der Waals surface area contributed by atoms with Crippen molar-refractivity contribution in [2.75, 3.05) is 20.3 Å². The second-order valence-corrected chi connectivity index (χ2v) is 6.95. The number of ether oxygens (including phenoxy) is 1. The number of hydrogen-bond donors (Lipinski definition) is 3. The largest absolute Gasteiger partial charge is 0.394 e. The maximum absolute atomic E-state index is 10.1. The van der Waals surface area contributed by atoms with Gasteiger partial charge in [-0.3, -0.25) is 9.98 Å². The molecule has 11 heteroatoms. The first-order valence-electron chi connectivity index (χ1n) is 9.52. The van der Waals surface area contributed by atoms with Gasteiger partial charge in [-0.15, -0.1) is 0 Å². The Hall–Kier alpha value is -3.02. The van der Waals surface area contributed by atoms with E-state index in [4.69, 9.17) is 4.74 Å². The van der Waals surface area contributed by atoms with Crippen molar-refractivity contribution in [2.45, 2.75) is 38.2 Å². The van der Waals surface area contributed by atoms with Gasteiger partial charge in [-0.25, -0.2) is 0 Å². The number of hydrogen-bond acceptors (Lipinski definition) is 10. The molecule has 0 spiro atoms. The minimum absolute atomic E-state index is 0.238. The Labute approximate surface area is 173 Å². The molecule has 1 unspecified atom stereocenters. The van der Waals surface area contributed by atoms with Crippen molar-refractivity contribution < 1.29 is 14.9 Å². The summed E-state index contributed by atoms with van der Waals surface area (Å²) in [6.07, 6.45) is 0.744. The highest BCUT2D eigenvalue weighted by molar-refractivity contribution is 5.83. The Balaban J connectivity index is 1.85. The lowest BCUT2D eigenvalue weighted by Gasteiger charge is -2.25. The summed E-state index contributed by atoms with van der Waals surface area (Å²) < 4.78 is 5.74. The van der Waals surface area contributed by atoms with E-state index < -0.39 is 18.4 Å². The third-order valence-electron chi connectivity index (χ3n) is 4.74. The molecule has 160 valence electrons. The number of aliphatic hydroxyl groups is 2. The molecule has 2 heterocycles. The molecule has 0 radical (unpaired) electrons. The Kier molecular flexibility index (Phi) is 7.33. The predicted octanol–water partition coefficient (Wildman–Crippen LogP) is 1.79. The fraction of sp³-hybridized carbons (Fsp3) is 0.474. The molecular weight excluding hydrogens is 388 g/mol. The van der Waals surface area contributed by atoms with Crippen molar-refractivity contribution in [3.8, 4) is 0 Å². The van der Waals surface area contributed by atoms with Crippen LogP contribution >= 0.6 is 0 Å². The molecule has 0 saturated carbocycles. The van der Waals surface area contributed by atoms with Crippen LogP contribution in [0.1, 0.15) is 19.8 Å². The highest BCUT2D eigenvalue weighted by Gasteiger charge is 2.36. The quantitative estimate of drug-likeness (QED) is 0.421. The van der Waals surface area contributed by atoms with Crippen molar-refractivity contribution in [3.63, 3.8) is 0 Å². The number of aliphatic hydroxyl groups excluding tert-OH is 2. The lowest BCUT2D eigenvalue weighted by atomic mass is 10.2. The number of fused-ring (bicyclic) bond motifs is 1. The number of allylic oxidation sites excluding steroid dienone is 1. The molecule has 1 aromatic heterocycles. The number of aromatic amines is 1. The summed E-state index contributed by atoms with van der Waals surface area (Å²) in [6, 6.07) is 5.40. The molecule has 2 aromatic rings. The summed E-state index contributed by atoms with van der Waals surface area (Å²) in [5, 5.41) is 38.8. The molecule has 3 N–H and O–H groups in total. The molecule has 3 atom stereocenters. The lowest BCUT2D eigenvalue weighted by molar-refractivity contribution is -0.0636. The standard InChI is InChI=1S/C19H26N8O3/c1-12(21-3)6-14(23-22-13-4-5-15-16(7-13)25-26-24-15)9-27(11-20-2)19-8-17(29)18(10-28)30-19/h4-5,7,9,17-19,28-29H,2,6,8,10-11H2,1,3H3,(H,24,25,26)/b14-9+,21-12?,23-22?/t17-,18?,19-/m1/s1. The van der Waals surface area contributed by atoms with Crippen LogP contribution < -0.4 is 0 Å². The highest BCUT2D eigenvalue weighted by atomic mass is 16.5. The van der Waals surface area contributed by atoms with Gasteiger partial charge < -0.3 is 19.8 Å². The summed E-state index contributed by atoms with van der Waals surface area (Å²) in [6.45, 7) is 5.43. The summed E-state index contributed by atoms with van der Waals surface area (Å²) >= 11 is 0. The zero-order chi connectivity index (χ0) is 21.5. The van der Waals surface area contributed by atoms with Crippen LogP contribution in [0.4, 0.5) is 5.69 Å². The number of azo groups is 1. The molecule has 0 bridgehead atoms. The molecule has 1 saturated heterocycles. The van der Waals surface area contributed by atoms with Crippen LogP contribution in [0.15, 0.2) is 50.3 Å². The molecule has 30 heavy (non-hydrogen) atoms. The second-order valence-electron chi connectivity index (χ2n) is 6.95. The van der Waals surface area contributed by atoms with Crippen LogP contribution in [0, 0.1) is 0 Å². The van der Waals surface area contributed by atoms with Gasteiger partial charge in [0, 0.05) is 31.8 Å². The van der Waals surface area contributed by atoms with Crippen molar-refractivity contribution >= 4 is 29.1 Å². The second kappa shape index (κ2) is 10.1. The monoisotopic (exact) mass is 414 g/mol. The fourth-order valence-electron chi connectivity index (χ4n) is 3.07. The van der Waals surface area contributed by atoms with E-state index in [-0.39, 0.29) is 13.3 Å². The number of H-pyrrole nitrogens is 1. The highest BCUT2D eigenvalue weighted by Crippen LogP contribution is 2.25. The smallest absolute Gasteiger partial charge is 0.134 e. The van der Waals surface area contributed by atoms with Gasteiger partial charge in [0.2, 0.25) is 0 Å². The third kappa shape index (κ3) is 5.32. The molecule has 0 amide bonds. The van der Waals surface area contributed by atoms with Crippen LogP contribution in [-0.2, 0) is 4.74 Å². The normalized spacial score (nSPS) is 22.9. The van der Waals surface area contributed by atoms with Crippen molar-refractivity contribution in [1.29, 1.82) is 0 Å². The number of aliphatic imine (C=N–C) groups is 2. The van der Waals surface area contributed by atoms with E-state index in [2.05, 4.69) is 42.3 Å². The molecule has 11 nitrogen and oxygen atoms in total. The Bertz CT molecular complexity index is 954. The van der Waals surface area contributed by atoms with Crippen LogP contribution in [-0.4, -0.2) is 81.7 Å². The molecular formula is C19H26N8O3. The zero-order valence-corrected chi connectivity index (χ0v) is 17.0. The first-order valence-corrected chi connectivity index (χ1v) is 9.52. The molecule has 1 aromatic carbocycles. The van der Waals surface area contributed by atoms with Crippen LogP contribution in [0.5, 0.6) is 0 Å². The van der Waals surface area contributed by atoms with E-state index in [0.29, 0.717) is 29.7 Å². The molecule has 0 aliphatic carbocycles. The average Bonchev–Trinajstić information content (AvgIpc) is 3.36. The summed E-state index contributed by atoms with van der Waals surface area (Å²) in [5.41, 5.74) is 3.59. The summed E-state index contributed by atoms with van der Waals surface area (Å²) in [5.74, 6) is 0. The van der Waals surface area contributed by atoms with Crippen LogP contribution in [0.25, 0.3) is 11.0 Å². The first-order chi connectivity index (χ1) is 14.5. The van der Waals surface area contributed by atoms with Crippen molar-refractivity contribution in [3.05, 3.63) is 30.1 Å². The van der Waals surface area contributed by atoms with Crippen LogP contribution in [0.2, 0.25) is 0 Å². The van der Waals surface area contributed by atoms with E-state index in [9.17, 15) is 10.2 Å². The minimum Gasteiger partial charge on any atom is -0.394 e. The molecule has 1 fully saturated rings. The van der Waals surface area contributed by atoms with Gasteiger partial charge in [-0.2, -0.15) is 25.6 Å². The van der Waals surface area contributed by atoms with Gasteiger partial charge in [-0.1, -0.05) is 0 Å². The molecule has 1 aliphatic heterocycles. The van der Waals surface area contributed by atoms with E-state index in [1.54, 1.807) is 30.3 Å². The maximum atomic E-state index is 10.1. The van der Waals surface area contributed by atoms with Gasteiger partial charge in [-0.05, 0) is 31.8 Å². The lowest BCUT2D eigenvalue weighted by Crippen LogP contribution is -2.32. The summed E-state index contributed by atoms with van der Waals surface area (Å²) in [4.78, 5) is 9.92. The van der Waals surface area contributed by atoms with Gasteiger partial charge in [0.15, 0.2) is 0 Å². The first kappa shape index (κ1) is 21.7. The number of nitrogens with zero attached hydrogens (tertiary/aromatic N) is 7.